The van der Waals surface area contributed by atoms with Crippen LogP contribution in [0.2, 0.25) is 0 Å². The highest BCUT2D eigenvalue weighted by Gasteiger charge is 2.06. The SMILES string of the molecule is CCCCCCCCCCCCCCCCCC(=O)NCCNC(CCO)CCO. The average molecular weight is 429 g/mol. The standard InChI is InChI=1S/C25H52N2O3/c1-2-3-4-5-6-7-8-9-10-11-12-13-14-15-16-17-25(30)27-21-20-26-24(18-22-28)19-23-29/h24,26,28-29H,2-23H2,1H3,(H,27,30). The molecule has 180 valence electrons. The Kier molecular flexibility index (Phi) is 24.1. The molecule has 0 aliphatic heterocycles. The van der Waals surface area contributed by atoms with Crippen molar-refractivity contribution < 1.29 is 15.0 Å². The summed E-state index contributed by atoms with van der Waals surface area (Å²) in [7, 11) is 0. The second kappa shape index (κ2) is 24.6. The molecule has 0 bridgehead atoms. The topological polar surface area (TPSA) is 81.6 Å². The first-order valence-corrected chi connectivity index (χ1v) is 13.0. The van der Waals surface area contributed by atoms with Gasteiger partial charge in [0.1, 0.15) is 0 Å². The van der Waals surface area contributed by atoms with Crippen LogP contribution < -0.4 is 10.6 Å². The van der Waals surface area contributed by atoms with E-state index in [0.29, 0.717) is 32.4 Å². The summed E-state index contributed by atoms with van der Waals surface area (Å²) in [6.07, 6.45) is 21.9. The number of unbranched alkanes of at least 4 members (excludes halogenated alkanes) is 14. The third kappa shape index (κ3) is 22.0. The van der Waals surface area contributed by atoms with Crippen molar-refractivity contribution in [1.29, 1.82) is 0 Å². The largest absolute Gasteiger partial charge is 0.396 e. The molecule has 0 unspecified atom stereocenters. The molecule has 0 spiro atoms. The molecule has 1 amide bonds. The minimum absolute atomic E-state index is 0.114. The van der Waals surface area contributed by atoms with Crippen molar-refractivity contribution in [2.75, 3.05) is 26.3 Å². The smallest absolute Gasteiger partial charge is 0.220 e. The fourth-order valence-corrected chi connectivity index (χ4v) is 3.88. The first-order chi connectivity index (χ1) is 14.7. The number of hydrogen-bond acceptors (Lipinski definition) is 4. The van der Waals surface area contributed by atoms with E-state index < -0.39 is 0 Å². The van der Waals surface area contributed by atoms with Gasteiger partial charge in [-0.05, 0) is 19.3 Å². The van der Waals surface area contributed by atoms with Gasteiger partial charge in [0.2, 0.25) is 5.91 Å². The Hall–Kier alpha value is -0.650. The number of rotatable bonds is 24. The van der Waals surface area contributed by atoms with E-state index in [4.69, 9.17) is 10.2 Å². The van der Waals surface area contributed by atoms with E-state index in [1.807, 2.05) is 0 Å². The number of amides is 1. The zero-order chi connectivity index (χ0) is 22.1. The molecule has 0 rings (SSSR count). The molecule has 5 heteroatoms. The summed E-state index contributed by atoms with van der Waals surface area (Å²) in [5.74, 6) is 0.132. The maximum atomic E-state index is 11.9. The van der Waals surface area contributed by atoms with E-state index in [0.717, 1.165) is 12.8 Å². The predicted molar refractivity (Wildman–Crippen MR) is 128 cm³/mol. The van der Waals surface area contributed by atoms with Crippen LogP contribution in [0.4, 0.5) is 0 Å². The van der Waals surface area contributed by atoms with Crippen molar-refractivity contribution in [3.8, 4) is 0 Å². The van der Waals surface area contributed by atoms with E-state index in [2.05, 4.69) is 17.6 Å². The molecule has 0 radical (unpaired) electrons. The van der Waals surface area contributed by atoms with Crippen molar-refractivity contribution >= 4 is 5.91 Å². The number of nitrogens with one attached hydrogen (secondary N) is 2. The van der Waals surface area contributed by atoms with E-state index in [-0.39, 0.29) is 25.2 Å². The maximum Gasteiger partial charge on any atom is 0.220 e. The number of carbonyl (C=O) groups excluding carboxylic acids is 1. The molecule has 0 saturated heterocycles. The molecule has 0 heterocycles. The average Bonchev–Trinajstić information content (AvgIpc) is 2.74. The van der Waals surface area contributed by atoms with Gasteiger partial charge in [0.15, 0.2) is 0 Å². The van der Waals surface area contributed by atoms with Gasteiger partial charge in [0, 0.05) is 38.8 Å². The van der Waals surface area contributed by atoms with Gasteiger partial charge < -0.3 is 20.8 Å². The summed E-state index contributed by atoms with van der Waals surface area (Å²) >= 11 is 0. The van der Waals surface area contributed by atoms with Crippen LogP contribution in [-0.2, 0) is 4.79 Å². The monoisotopic (exact) mass is 428 g/mol. The Labute approximate surface area is 186 Å². The minimum atomic E-state index is 0.114. The predicted octanol–water partition coefficient (Wildman–Crippen LogP) is 5.09. The molecule has 0 aliphatic rings. The van der Waals surface area contributed by atoms with Gasteiger partial charge in [-0.25, -0.2) is 0 Å². The lowest BCUT2D eigenvalue weighted by Crippen LogP contribution is -2.38. The van der Waals surface area contributed by atoms with Gasteiger partial charge >= 0.3 is 0 Å². The minimum Gasteiger partial charge on any atom is -0.396 e. The highest BCUT2D eigenvalue weighted by atomic mass is 16.3. The van der Waals surface area contributed by atoms with Gasteiger partial charge in [-0.2, -0.15) is 0 Å². The van der Waals surface area contributed by atoms with Gasteiger partial charge in [0.05, 0.1) is 0 Å². The Balaban J connectivity index is 3.28. The highest BCUT2D eigenvalue weighted by Crippen LogP contribution is 2.13. The molecule has 0 saturated carbocycles. The van der Waals surface area contributed by atoms with Gasteiger partial charge in [-0.15, -0.1) is 0 Å². The third-order valence-corrected chi connectivity index (χ3v) is 5.84. The first-order valence-electron chi connectivity index (χ1n) is 13.0. The Morgan fingerprint density at radius 1 is 0.667 bits per heavy atom. The molecule has 0 atom stereocenters. The molecule has 0 aromatic carbocycles. The Morgan fingerprint density at radius 3 is 1.53 bits per heavy atom. The summed E-state index contributed by atoms with van der Waals surface area (Å²) in [4.78, 5) is 11.9. The molecule has 0 fully saturated rings. The fraction of sp³-hybridized carbons (Fsp3) is 0.960. The lowest BCUT2D eigenvalue weighted by Gasteiger charge is -2.16. The van der Waals surface area contributed by atoms with Crippen LogP contribution in [-0.4, -0.2) is 48.5 Å². The van der Waals surface area contributed by atoms with Crippen molar-refractivity contribution in [3.63, 3.8) is 0 Å². The van der Waals surface area contributed by atoms with Gasteiger partial charge in [-0.1, -0.05) is 96.8 Å². The van der Waals surface area contributed by atoms with Crippen LogP contribution in [0.15, 0.2) is 0 Å². The molecule has 4 N–H and O–H groups in total. The molecule has 5 nitrogen and oxygen atoms in total. The second-order valence-corrected chi connectivity index (χ2v) is 8.73. The summed E-state index contributed by atoms with van der Waals surface area (Å²) < 4.78 is 0. The quantitative estimate of drug-likeness (QED) is 0.161. The van der Waals surface area contributed by atoms with Crippen molar-refractivity contribution in [3.05, 3.63) is 0 Å². The summed E-state index contributed by atoms with van der Waals surface area (Å²) in [5.41, 5.74) is 0. The third-order valence-electron chi connectivity index (χ3n) is 5.84. The lowest BCUT2D eigenvalue weighted by atomic mass is 10.0. The molecular weight excluding hydrogens is 376 g/mol. The zero-order valence-electron chi connectivity index (χ0n) is 19.9. The van der Waals surface area contributed by atoms with Crippen LogP contribution in [0.3, 0.4) is 0 Å². The van der Waals surface area contributed by atoms with Crippen LogP contribution in [0.25, 0.3) is 0 Å². The summed E-state index contributed by atoms with van der Waals surface area (Å²) in [6, 6.07) is 0.118. The zero-order valence-corrected chi connectivity index (χ0v) is 19.9. The van der Waals surface area contributed by atoms with Crippen LogP contribution >= 0.6 is 0 Å². The summed E-state index contributed by atoms with van der Waals surface area (Å²) in [6.45, 7) is 3.78. The van der Waals surface area contributed by atoms with Gasteiger partial charge in [-0.3, -0.25) is 4.79 Å². The molecular formula is C25H52N2O3. The normalized spacial score (nSPS) is 11.3. The number of carbonyl (C=O) groups is 1. The molecule has 30 heavy (non-hydrogen) atoms. The van der Waals surface area contributed by atoms with Crippen LogP contribution in [0.1, 0.15) is 122 Å². The molecule has 0 aromatic rings. The molecule has 0 aromatic heterocycles. The van der Waals surface area contributed by atoms with Gasteiger partial charge in [0.25, 0.3) is 0 Å². The number of hydrogen-bond donors (Lipinski definition) is 4. The van der Waals surface area contributed by atoms with Crippen molar-refractivity contribution in [2.45, 2.75) is 129 Å². The van der Waals surface area contributed by atoms with E-state index >= 15 is 0 Å². The summed E-state index contributed by atoms with van der Waals surface area (Å²) in [5, 5.41) is 24.2. The Bertz CT molecular complexity index is 347. The lowest BCUT2D eigenvalue weighted by molar-refractivity contribution is -0.121. The van der Waals surface area contributed by atoms with E-state index in [1.165, 1.54) is 83.5 Å². The van der Waals surface area contributed by atoms with Crippen molar-refractivity contribution in [2.24, 2.45) is 0 Å². The number of aliphatic hydroxyl groups excluding tert-OH is 2. The fourth-order valence-electron chi connectivity index (χ4n) is 3.88. The second-order valence-electron chi connectivity index (χ2n) is 8.73. The highest BCUT2D eigenvalue weighted by molar-refractivity contribution is 5.75. The van der Waals surface area contributed by atoms with Crippen molar-refractivity contribution in [1.82, 2.24) is 10.6 Å². The van der Waals surface area contributed by atoms with E-state index in [1.54, 1.807) is 0 Å². The maximum absolute atomic E-state index is 11.9. The molecule has 0 aliphatic carbocycles. The number of aliphatic hydroxyl groups is 2. The van der Waals surface area contributed by atoms with Crippen LogP contribution in [0.5, 0.6) is 0 Å². The van der Waals surface area contributed by atoms with E-state index in [9.17, 15) is 4.79 Å². The van der Waals surface area contributed by atoms with Crippen LogP contribution in [0, 0.1) is 0 Å². The first kappa shape index (κ1) is 29.4. The Morgan fingerprint density at radius 2 is 1.10 bits per heavy atom.